The van der Waals surface area contributed by atoms with E-state index in [2.05, 4.69) is 5.10 Å². The molecule has 0 saturated heterocycles. The highest BCUT2D eigenvalue weighted by atomic mass is 32.2. The summed E-state index contributed by atoms with van der Waals surface area (Å²) < 4.78 is 22.3. The first kappa shape index (κ1) is 7.75. The summed E-state index contributed by atoms with van der Waals surface area (Å²) in [5, 5.41) is 11.8. The van der Waals surface area contributed by atoms with Crippen LogP contribution in [0.25, 0.3) is 0 Å². The van der Waals surface area contributed by atoms with Gasteiger partial charge in [0.15, 0.2) is 0 Å². The molecule has 0 aliphatic carbocycles. The second-order valence-corrected chi connectivity index (χ2v) is 3.82. The van der Waals surface area contributed by atoms with E-state index in [1.165, 1.54) is 6.20 Å². The molecule has 0 aliphatic rings. The molecular formula is C5H5N3O2S. The van der Waals surface area contributed by atoms with Crippen LogP contribution in [0.4, 0.5) is 0 Å². The zero-order valence-electron chi connectivity index (χ0n) is 5.72. The quantitative estimate of drug-likeness (QED) is 0.574. The number of nitrogens with zero attached hydrogens (tertiary/aromatic N) is 3. The molecule has 0 atom stereocenters. The second-order valence-electron chi connectivity index (χ2n) is 1.98. The van der Waals surface area contributed by atoms with Crippen LogP contribution in [-0.2, 0) is 10.0 Å². The smallest absolute Gasteiger partial charge is 0.205 e. The van der Waals surface area contributed by atoms with Crippen LogP contribution in [0.1, 0.15) is 5.56 Å². The van der Waals surface area contributed by atoms with E-state index in [-0.39, 0.29) is 5.56 Å². The highest BCUT2D eigenvalue weighted by Gasteiger charge is 2.05. The molecule has 0 bridgehead atoms. The fraction of sp³-hybridized carbons (Fsp3) is 0.200. The van der Waals surface area contributed by atoms with Gasteiger partial charge in [-0.15, -0.1) is 0 Å². The summed E-state index contributed by atoms with van der Waals surface area (Å²) in [4.78, 5) is 0. The topological polar surface area (TPSA) is 75.8 Å². The van der Waals surface area contributed by atoms with Gasteiger partial charge in [0, 0.05) is 0 Å². The maximum atomic E-state index is 10.8. The maximum absolute atomic E-state index is 10.8. The fourth-order valence-corrected chi connectivity index (χ4v) is 1.07. The van der Waals surface area contributed by atoms with Gasteiger partial charge in [0.1, 0.15) is 6.07 Å². The normalized spacial score (nSPS) is 10.9. The summed E-state index contributed by atoms with van der Waals surface area (Å²) in [5.74, 6) is 0. The highest BCUT2D eigenvalue weighted by molar-refractivity contribution is 7.89. The van der Waals surface area contributed by atoms with Crippen molar-refractivity contribution in [3.05, 3.63) is 18.0 Å². The molecule has 5 nitrogen and oxygen atoms in total. The van der Waals surface area contributed by atoms with Crippen molar-refractivity contribution in [1.82, 2.24) is 9.19 Å². The molecule has 1 heterocycles. The van der Waals surface area contributed by atoms with Gasteiger partial charge >= 0.3 is 0 Å². The number of nitriles is 1. The Morgan fingerprint density at radius 2 is 2.36 bits per heavy atom. The summed E-state index contributed by atoms with van der Waals surface area (Å²) >= 11 is 0. The van der Waals surface area contributed by atoms with Gasteiger partial charge in [-0.1, -0.05) is 0 Å². The van der Waals surface area contributed by atoms with Crippen molar-refractivity contribution in [1.29, 1.82) is 5.26 Å². The van der Waals surface area contributed by atoms with E-state index in [9.17, 15) is 8.42 Å². The first-order valence-corrected chi connectivity index (χ1v) is 4.54. The molecule has 0 N–H and O–H groups in total. The van der Waals surface area contributed by atoms with Gasteiger partial charge in [0.05, 0.1) is 24.2 Å². The molecule has 0 aromatic carbocycles. The summed E-state index contributed by atoms with van der Waals surface area (Å²) in [6, 6.07) is 1.77. The molecular weight excluding hydrogens is 166 g/mol. The molecule has 0 radical (unpaired) electrons. The average Bonchev–Trinajstić information content (AvgIpc) is 2.32. The summed E-state index contributed by atoms with van der Waals surface area (Å²) in [5.41, 5.74) is 0.232. The molecule has 0 saturated carbocycles. The van der Waals surface area contributed by atoms with Crippen molar-refractivity contribution in [3.63, 3.8) is 0 Å². The van der Waals surface area contributed by atoms with Crippen molar-refractivity contribution < 1.29 is 8.42 Å². The summed E-state index contributed by atoms with van der Waals surface area (Å²) in [6.45, 7) is 0. The standard InChI is InChI=1S/C5H5N3O2S/c1-11(9,10)8-4-5(2-6)3-7-8/h3-4H,1H3. The van der Waals surface area contributed by atoms with Crippen molar-refractivity contribution >= 4 is 10.0 Å². The molecule has 1 rings (SSSR count). The lowest BCUT2D eigenvalue weighted by molar-refractivity contribution is 0.586. The van der Waals surface area contributed by atoms with E-state index in [1.54, 1.807) is 6.07 Å². The van der Waals surface area contributed by atoms with Gasteiger partial charge < -0.3 is 0 Å². The molecule has 0 amide bonds. The Kier molecular flexibility index (Phi) is 1.66. The molecule has 0 spiro atoms. The number of rotatable bonds is 1. The monoisotopic (exact) mass is 171 g/mol. The van der Waals surface area contributed by atoms with Crippen LogP contribution in [0.15, 0.2) is 12.4 Å². The third-order valence-corrected chi connectivity index (χ3v) is 1.91. The summed E-state index contributed by atoms with van der Waals surface area (Å²) in [6.07, 6.45) is 3.37. The van der Waals surface area contributed by atoms with Gasteiger partial charge in [0.2, 0.25) is 0 Å². The Bertz CT molecular complexity index is 398. The number of hydrogen-bond acceptors (Lipinski definition) is 4. The minimum absolute atomic E-state index is 0.232. The lowest BCUT2D eigenvalue weighted by Crippen LogP contribution is -2.09. The lowest BCUT2D eigenvalue weighted by Gasteiger charge is -1.92. The third kappa shape index (κ3) is 1.56. The SMILES string of the molecule is CS(=O)(=O)n1cc(C#N)cn1. The Morgan fingerprint density at radius 3 is 2.64 bits per heavy atom. The Labute approximate surface area is 63.9 Å². The van der Waals surface area contributed by atoms with Gasteiger partial charge in [-0.2, -0.15) is 14.4 Å². The van der Waals surface area contributed by atoms with Crippen LogP contribution in [-0.4, -0.2) is 23.9 Å². The van der Waals surface area contributed by atoms with Crippen LogP contribution in [0.2, 0.25) is 0 Å². The molecule has 0 fully saturated rings. The molecule has 11 heavy (non-hydrogen) atoms. The van der Waals surface area contributed by atoms with E-state index >= 15 is 0 Å². The second kappa shape index (κ2) is 2.36. The maximum Gasteiger partial charge on any atom is 0.250 e. The van der Waals surface area contributed by atoms with E-state index in [0.717, 1.165) is 16.5 Å². The molecule has 1 aromatic heterocycles. The van der Waals surface area contributed by atoms with Gasteiger partial charge in [-0.05, 0) is 0 Å². The van der Waals surface area contributed by atoms with Crippen molar-refractivity contribution in [2.24, 2.45) is 0 Å². The van der Waals surface area contributed by atoms with Crippen LogP contribution in [0.3, 0.4) is 0 Å². The average molecular weight is 171 g/mol. The highest BCUT2D eigenvalue weighted by Crippen LogP contribution is 1.96. The van der Waals surface area contributed by atoms with Crippen molar-refractivity contribution in [2.75, 3.05) is 6.26 Å². The Balaban J connectivity index is 3.22. The number of aromatic nitrogens is 2. The van der Waals surface area contributed by atoms with Crippen LogP contribution < -0.4 is 0 Å². The first-order chi connectivity index (χ1) is 5.04. The van der Waals surface area contributed by atoms with Crippen LogP contribution in [0.5, 0.6) is 0 Å². The van der Waals surface area contributed by atoms with Crippen LogP contribution in [0, 0.1) is 11.3 Å². The van der Waals surface area contributed by atoms with Gasteiger partial charge in [-0.25, -0.2) is 8.42 Å². The third-order valence-electron chi connectivity index (χ3n) is 1.03. The summed E-state index contributed by atoms with van der Waals surface area (Å²) in [7, 11) is -3.34. The minimum Gasteiger partial charge on any atom is -0.205 e. The van der Waals surface area contributed by atoms with Gasteiger partial charge in [0.25, 0.3) is 10.0 Å². The first-order valence-electron chi connectivity index (χ1n) is 2.69. The van der Waals surface area contributed by atoms with E-state index < -0.39 is 10.0 Å². The molecule has 58 valence electrons. The molecule has 6 heteroatoms. The van der Waals surface area contributed by atoms with E-state index in [0.29, 0.717) is 0 Å². The fourth-order valence-electron chi connectivity index (χ4n) is 0.544. The zero-order chi connectivity index (χ0) is 8.48. The van der Waals surface area contributed by atoms with Crippen molar-refractivity contribution in [3.8, 4) is 6.07 Å². The number of hydrogen-bond donors (Lipinski definition) is 0. The van der Waals surface area contributed by atoms with E-state index in [4.69, 9.17) is 5.26 Å². The van der Waals surface area contributed by atoms with Gasteiger partial charge in [-0.3, -0.25) is 0 Å². The minimum atomic E-state index is -3.34. The molecule has 1 aromatic rings. The van der Waals surface area contributed by atoms with E-state index in [1.807, 2.05) is 0 Å². The molecule has 0 unspecified atom stereocenters. The zero-order valence-corrected chi connectivity index (χ0v) is 6.54. The Morgan fingerprint density at radius 1 is 1.73 bits per heavy atom. The predicted octanol–water partition coefficient (Wildman–Crippen LogP) is -0.438. The van der Waals surface area contributed by atoms with Crippen LogP contribution >= 0.6 is 0 Å². The lowest BCUT2D eigenvalue weighted by atomic mass is 10.4. The van der Waals surface area contributed by atoms with Crippen molar-refractivity contribution in [2.45, 2.75) is 0 Å². The predicted molar refractivity (Wildman–Crippen MR) is 37.2 cm³/mol. The largest absolute Gasteiger partial charge is 0.250 e. The Hall–Kier alpha value is -1.35. The molecule has 0 aliphatic heterocycles.